The van der Waals surface area contributed by atoms with Gasteiger partial charge in [-0.15, -0.1) is 0 Å². The van der Waals surface area contributed by atoms with E-state index in [0.717, 1.165) is 25.3 Å². The molecule has 0 radical (unpaired) electrons. The molecule has 4 rings (SSSR count). The Morgan fingerprint density at radius 3 is 2.44 bits per heavy atom. The van der Waals surface area contributed by atoms with Gasteiger partial charge in [-0.1, -0.05) is 18.2 Å². The third-order valence-electron chi connectivity index (χ3n) is 5.82. The lowest BCUT2D eigenvalue weighted by molar-refractivity contribution is -0.140. The molecule has 1 fully saturated rings. The lowest BCUT2D eigenvalue weighted by atomic mass is 9.91. The highest BCUT2D eigenvalue weighted by Gasteiger charge is 2.34. The van der Waals surface area contributed by atoms with Crippen molar-refractivity contribution in [3.8, 4) is 0 Å². The summed E-state index contributed by atoms with van der Waals surface area (Å²) in [6.45, 7) is 0. The van der Waals surface area contributed by atoms with Gasteiger partial charge >= 0.3 is 6.18 Å². The SMILES string of the molecule is CS(=O)(=O)Cc1cccc(C(=O)NC2CCC(Nc3cccc4nc(C(F)(F)F)cn34)CC2)c1. The molecule has 1 aliphatic rings. The van der Waals surface area contributed by atoms with Crippen LogP contribution in [0.4, 0.5) is 19.0 Å². The summed E-state index contributed by atoms with van der Waals surface area (Å²) in [5, 5.41) is 6.31. The molecule has 1 saturated carbocycles. The quantitative estimate of drug-likeness (QED) is 0.540. The molecular formula is C23H25F3N4O3S. The molecule has 0 bridgehead atoms. The van der Waals surface area contributed by atoms with E-state index in [1.807, 2.05) is 0 Å². The molecule has 11 heteroatoms. The van der Waals surface area contributed by atoms with Gasteiger partial charge in [-0.2, -0.15) is 13.2 Å². The molecule has 182 valence electrons. The number of nitrogens with zero attached hydrogens (tertiary/aromatic N) is 2. The topological polar surface area (TPSA) is 92.6 Å². The second-order valence-corrected chi connectivity index (χ2v) is 10.8. The highest BCUT2D eigenvalue weighted by atomic mass is 32.2. The van der Waals surface area contributed by atoms with E-state index in [2.05, 4.69) is 15.6 Å². The van der Waals surface area contributed by atoms with Crippen LogP contribution in [0.25, 0.3) is 5.65 Å². The van der Waals surface area contributed by atoms with Crippen molar-refractivity contribution in [3.05, 3.63) is 65.5 Å². The first-order valence-electron chi connectivity index (χ1n) is 10.9. The van der Waals surface area contributed by atoms with Crippen molar-refractivity contribution in [1.29, 1.82) is 0 Å². The number of rotatable bonds is 6. The maximum Gasteiger partial charge on any atom is 0.434 e. The molecule has 3 aromatic rings. The number of nitrogens with one attached hydrogen (secondary N) is 2. The Labute approximate surface area is 195 Å². The minimum atomic E-state index is -4.51. The Balaban J connectivity index is 1.35. The Hall–Kier alpha value is -3.08. The normalized spacial score (nSPS) is 19.2. The number of anilines is 1. The molecule has 34 heavy (non-hydrogen) atoms. The predicted octanol–water partition coefficient (Wildman–Crippen LogP) is 4.05. The predicted molar refractivity (Wildman–Crippen MR) is 122 cm³/mol. The highest BCUT2D eigenvalue weighted by molar-refractivity contribution is 7.89. The van der Waals surface area contributed by atoms with E-state index in [9.17, 15) is 26.4 Å². The Morgan fingerprint density at radius 2 is 1.76 bits per heavy atom. The summed E-state index contributed by atoms with van der Waals surface area (Å²) >= 11 is 0. The molecule has 2 heterocycles. The van der Waals surface area contributed by atoms with E-state index < -0.39 is 21.7 Å². The second-order valence-electron chi connectivity index (χ2n) is 8.70. The molecular weight excluding hydrogens is 469 g/mol. The van der Waals surface area contributed by atoms with E-state index in [1.165, 1.54) is 10.5 Å². The zero-order chi connectivity index (χ0) is 24.5. The fourth-order valence-electron chi connectivity index (χ4n) is 4.23. The standard InChI is InChI=1S/C23H25F3N4O3S/c1-34(32,33)14-15-4-2-5-16(12-15)22(31)28-18-10-8-17(9-11-18)27-20-6-3-7-21-29-19(13-30(20)21)23(24,25)26/h2-7,12-13,17-18,27H,8-11,14H2,1H3,(H,28,31). The summed E-state index contributed by atoms with van der Waals surface area (Å²) in [7, 11) is -3.20. The lowest BCUT2D eigenvalue weighted by Crippen LogP contribution is -2.40. The highest BCUT2D eigenvalue weighted by Crippen LogP contribution is 2.30. The van der Waals surface area contributed by atoms with Crippen LogP contribution in [0.5, 0.6) is 0 Å². The molecule has 7 nitrogen and oxygen atoms in total. The van der Waals surface area contributed by atoms with Gasteiger partial charge < -0.3 is 10.6 Å². The summed E-state index contributed by atoms with van der Waals surface area (Å²) in [5.74, 6) is 0.157. The first kappa shape index (κ1) is 24.1. The summed E-state index contributed by atoms with van der Waals surface area (Å²) < 4.78 is 63.5. The van der Waals surface area contributed by atoms with Crippen molar-refractivity contribution in [2.45, 2.75) is 49.7 Å². The molecule has 2 N–H and O–H groups in total. The van der Waals surface area contributed by atoms with E-state index >= 15 is 0 Å². The van der Waals surface area contributed by atoms with Crippen LogP contribution in [0, 0.1) is 0 Å². The van der Waals surface area contributed by atoms with Crippen LogP contribution in [-0.4, -0.2) is 42.0 Å². The van der Waals surface area contributed by atoms with E-state index in [1.54, 1.807) is 36.4 Å². The van der Waals surface area contributed by atoms with Gasteiger partial charge in [0.2, 0.25) is 0 Å². The number of aromatic nitrogens is 2. The summed E-state index contributed by atoms with van der Waals surface area (Å²) in [6.07, 6.45) is 0.507. The largest absolute Gasteiger partial charge is 0.434 e. The van der Waals surface area contributed by atoms with Crippen LogP contribution in [0.1, 0.15) is 47.3 Å². The van der Waals surface area contributed by atoms with E-state index in [-0.39, 0.29) is 29.4 Å². The van der Waals surface area contributed by atoms with Crippen molar-refractivity contribution in [2.24, 2.45) is 0 Å². The molecule has 0 spiro atoms. The third kappa shape index (κ3) is 5.88. The first-order valence-corrected chi connectivity index (χ1v) is 12.9. The molecule has 0 atom stereocenters. The fraction of sp³-hybridized carbons (Fsp3) is 0.391. The molecule has 2 aromatic heterocycles. The van der Waals surface area contributed by atoms with Gasteiger partial charge in [-0.05, 0) is 55.5 Å². The monoisotopic (exact) mass is 494 g/mol. The van der Waals surface area contributed by atoms with Gasteiger partial charge in [-0.3, -0.25) is 9.20 Å². The number of hydrogen-bond donors (Lipinski definition) is 2. The smallest absolute Gasteiger partial charge is 0.368 e. The van der Waals surface area contributed by atoms with Crippen LogP contribution in [-0.2, 0) is 21.8 Å². The minimum Gasteiger partial charge on any atom is -0.368 e. The molecule has 1 aliphatic carbocycles. The third-order valence-corrected chi connectivity index (χ3v) is 6.67. The van der Waals surface area contributed by atoms with Gasteiger partial charge in [-0.25, -0.2) is 13.4 Å². The molecule has 0 aliphatic heterocycles. The first-order chi connectivity index (χ1) is 16.0. The summed E-state index contributed by atoms with van der Waals surface area (Å²) in [4.78, 5) is 16.3. The minimum absolute atomic E-state index is 0.0371. The summed E-state index contributed by atoms with van der Waals surface area (Å²) in [6, 6.07) is 11.5. The van der Waals surface area contributed by atoms with Gasteiger partial charge in [0.25, 0.3) is 5.91 Å². The van der Waals surface area contributed by atoms with Crippen molar-refractivity contribution < 1.29 is 26.4 Å². The Morgan fingerprint density at radius 1 is 1.09 bits per heavy atom. The number of pyridine rings is 1. The molecule has 0 saturated heterocycles. The van der Waals surface area contributed by atoms with Crippen LogP contribution in [0.15, 0.2) is 48.7 Å². The van der Waals surface area contributed by atoms with Crippen LogP contribution in [0.2, 0.25) is 0 Å². The zero-order valence-corrected chi connectivity index (χ0v) is 19.3. The lowest BCUT2D eigenvalue weighted by Gasteiger charge is -2.30. The van der Waals surface area contributed by atoms with Gasteiger partial charge in [0.1, 0.15) is 11.5 Å². The molecule has 1 amide bonds. The second kappa shape index (κ2) is 9.28. The average Bonchev–Trinajstić information content (AvgIpc) is 3.20. The number of carbonyl (C=O) groups is 1. The number of imidazole rings is 1. The number of sulfone groups is 1. The van der Waals surface area contributed by atoms with Crippen LogP contribution < -0.4 is 10.6 Å². The Kier molecular flexibility index (Phi) is 6.57. The number of benzene rings is 1. The van der Waals surface area contributed by atoms with Crippen molar-refractivity contribution in [2.75, 3.05) is 11.6 Å². The van der Waals surface area contributed by atoms with Crippen molar-refractivity contribution >= 4 is 27.2 Å². The van der Waals surface area contributed by atoms with E-state index in [4.69, 9.17) is 0 Å². The molecule has 0 unspecified atom stereocenters. The number of alkyl halides is 3. The van der Waals surface area contributed by atoms with Gasteiger partial charge in [0, 0.05) is 30.1 Å². The number of amides is 1. The maximum absolute atomic E-state index is 13.0. The van der Waals surface area contributed by atoms with Crippen LogP contribution >= 0.6 is 0 Å². The van der Waals surface area contributed by atoms with Crippen molar-refractivity contribution in [3.63, 3.8) is 0 Å². The van der Waals surface area contributed by atoms with E-state index in [0.29, 0.717) is 29.8 Å². The van der Waals surface area contributed by atoms with Gasteiger partial charge in [0.15, 0.2) is 15.5 Å². The van der Waals surface area contributed by atoms with Crippen LogP contribution in [0.3, 0.4) is 0 Å². The maximum atomic E-state index is 13.0. The van der Waals surface area contributed by atoms with Crippen molar-refractivity contribution in [1.82, 2.24) is 14.7 Å². The summed E-state index contributed by atoms with van der Waals surface area (Å²) in [5.41, 5.74) is 0.254. The number of hydrogen-bond acceptors (Lipinski definition) is 5. The number of carbonyl (C=O) groups excluding carboxylic acids is 1. The average molecular weight is 495 g/mol. The number of halogens is 3. The molecule has 1 aromatic carbocycles. The fourth-order valence-corrected chi connectivity index (χ4v) is 5.02. The van der Waals surface area contributed by atoms with Gasteiger partial charge in [0.05, 0.1) is 5.75 Å². The number of fused-ring (bicyclic) bond motifs is 1. The Bertz CT molecular complexity index is 1300. The zero-order valence-electron chi connectivity index (χ0n) is 18.5.